The van der Waals surface area contributed by atoms with Gasteiger partial charge in [0.2, 0.25) is 0 Å². The number of nitrogens with one attached hydrogen (secondary N) is 1. The Bertz CT molecular complexity index is 556. The molecular formula is C16H22N2O2S. The Labute approximate surface area is 130 Å². The topological polar surface area (TPSA) is 52.6 Å². The molecule has 2 rings (SSSR count). The highest BCUT2D eigenvalue weighted by Gasteiger charge is 2.23. The van der Waals surface area contributed by atoms with Crippen LogP contribution in [0.5, 0.6) is 0 Å². The van der Waals surface area contributed by atoms with Crippen LogP contribution in [0.4, 0.5) is 0 Å². The molecule has 1 saturated heterocycles. The zero-order chi connectivity index (χ0) is 15.2. The van der Waals surface area contributed by atoms with Crippen molar-refractivity contribution in [3.05, 3.63) is 21.4 Å². The smallest absolute Gasteiger partial charge is 0.261 e. The average molecular weight is 306 g/mol. The van der Waals surface area contributed by atoms with E-state index in [1.54, 1.807) is 0 Å². The predicted octanol–water partition coefficient (Wildman–Crippen LogP) is 1.61. The Hall–Kier alpha value is -1.35. The van der Waals surface area contributed by atoms with E-state index in [4.69, 9.17) is 5.11 Å². The van der Waals surface area contributed by atoms with Crippen LogP contribution in [-0.2, 0) is 0 Å². The van der Waals surface area contributed by atoms with Gasteiger partial charge in [-0.1, -0.05) is 18.8 Å². The van der Waals surface area contributed by atoms with Gasteiger partial charge in [-0.25, -0.2) is 0 Å². The summed E-state index contributed by atoms with van der Waals surface area (Å²) < 4.78 is 0. The lowest BCUT2D eigenvalue weighted by atomic mass is 10.2. The fraction of sp³-hybridized carbons (Fsp3) is 0.562. The van der Waals surface area contributed by atoms with Crippen LogP contribution in [0.25, 0.3) is 0 Å². The van der Waals surface area contributed by atoms with Crippen molar-refractivity contribution < 1.29 is 9.90 Å². The summed E-state index contributed by atoms with van der Waals surface area (Å²) in [7, 11) is 0. The molecule has 114 valence electrons. The molecule has 1 amide bonds. The fourth-order valence-electron chi connectivity index (χ4n) is 2.68. The molecule has 1 fully saturated rings. The van der Waals surface area contributed by atoms with E-state index in [-0.39, 0.29) is 12.5 Å². The van der Waals surface area contributed by atoms with Gasteiger partial charge >= 0.3 is 0 Å². The minimum absolute atomic E-state index is 0.0249. The first-order chi connectivity index (χ1) is 10.2. The normalized spacial score (nSPS) is 18.3. The van der Waals surface area contributed by atoms with E-state index >= 15 is 0 Å². The summed E-state index contributed by atoms with van der Waals surface area (Å²) in [4.78, 5) is 16.2. The van der Waals surface area contributed by atoms with Crippen molar-refractivity contribution in [3.63, 3.8) is 0 Å². The number of aliphatic hydroxyl groups is 1. The van der Waals surface area contributed by atoms with Gasteiger partial charge in [0.1, 0.15) is 6.61 Å². The number of likely N-dealkylation sites (tertiary alicyclic amines) is 1. The molecule has 1 aromatic rings. The lowest BCUT2D eigenvalue weighted by molar-refractivity contribution is 0.0945. The van der Waals surface area contributed by atoms with Crippen LogP contribution in [0.3, 0.4) is 0 Å². The maximum absolute atomic E-state index is 12.2. The molecule has 0 bridgehead atoms. The number of thiophene rings is 1. The molecule has 1 aliphatic heterocycles. The Morgan fingerprint density at radius 2 is 2.43 bits per heavy atom. The molecule has 1 aromatic heterocycles. The largest absolute Gasteiger partial charge is 0.384 e. The van der Waals surface area contributed by atoms with Crippen molar-refractivity contribution in [2.75, 3.05) is 26.2 Å². The minimum atomic E-state index is -0.159. The van der Waals surface area contributed by atoms with Gasteiger partial charge < -0.3 is 10.4 Å². The molecule has 2 N–H and O–H groups in total. The van der Waals surface area contributed by atoms with E-state index in [0.717, 1.165) is 30.0 Å². The minimum Gasteiger partial charge on any atom is -0.384 e. The summed E-state index contributed by atoms with van der Waals surface area (Å²) in [5.41, 5.74) is 0.988. The third-order valence-corrected chi connectivity index (χ3v) is 4.98. The number of carbonyl (C=O) groups excluding carboxylic acids is 1. The molecule has 4 nitrogen and oxygen atoms in total. The zero-order valence-corrected chi connectivity index (χ0v) is 13.4. The highest BCUT2D eigenvalue weighted by molar-refractivity contribution is 7.14. The third-order valence-electron chi connectivity index (χ3n) is 3.83. The van der Waals surface area contributed by atoms with E-state index in [1.165, 1.54) is 17.8 Å². The number of rotatable bonds is 4. The van der Waals surface area contributed by atoms with E-state index in [9.17, 15) is 4.79 Å². The number of amides is 1. The second-order valence-electron chi connectivity index (χ2n) is 5.22. The number of aryl methyl sites for hydroxylation is 1. The Balaban J connectivity index is 1.94. The van der Waals surface area contributed by atoms with Crippen LogP contribution in [-0.4, -0.2) is 48.2 Å². The van der Waals surface area contributed by atoms with Crippen molar-refractivity contribution in [2.45, 2.75) is 32.7 Å². The van der Waals surface area contributed by atoms with Gasteiger partial charge in [-0.15, -0.1) is 11.3 Å². The summed E-state index contributed by atoms with van der Waals surface area (Å²) in [6.45, 7) is 6.82. The van der Waals surface area contributed by atoms with E-state index in [1.807, 2.05) is 13.0 Å². The summed E-state index contributed by atoms with van der Waals surface area (Å²) in [6, 6.07) is 2.34. The molecule has 0 aliphatic carbocycles. The van der Waals surface area contributed by atoms with Gasteiger partial charge in [-0.3, -0.25) is 9.69 Å². The highest BCUT2D eigenvalue weighted by Crippen LogP contribution is 2.21. The molecule has 5 heteroatoms. The number of nitrogens with zero attached hydrogens (tertiary/aromatic N) is 1. The van der Waals surface area contributed by atoms with Gasteiger partial charge in [0.05, 0.1) is 9.75 Å². The highest BCUT2D eigenvalue weighted by atomic mass is 32.1. The van der Waals surface area contributed by atoms with Crippen molar-refractivity contribution >= 4 is 17.2 Å². The van der Waals surface area contributed by atoms with E-state index in [2.05, 4.69) is 29.0 Å². The number of likely N-dealkylation sites (N-methyl/N-ethyl adjacent to an activating group) is 1. The van der Waals surface area contributed by atoms with Crippen molar-refractivity contribution in [1.29, 1.82) is 0 Å². The predicted molar refractivity (Wildman–Crippen MR) is 85.6 cm³/mol. The summed E-state index contributed by atoms with van der Waals surface area (Å²) in [6.07, 6.45) is 2.37. The number of carbonyl (C=O) groups is 1. The van der Waals surface area contributed by atoms with Gasteiger partial charge in [-0.2, -0.15) is 0 Å². The Morgan fingerprint density at radius 1 is 1.62 bits per heavy atom. The molecule has 0 saturated carbocycles. The van der Waals surface area contributed by atoms with Crippen LogP contribution in [0.2, 0.25) is 0 Å². The number of hydrogen-bond acceptors (Lipinski definition) is 4. The standard InChI is InChI=1S/C16H22N2O2S/c1-3-18-8-4-6-13(18)11-17-16(20)15-10-12(2)14(21-15)7-5-9-19/h10,13,19H,3-4,6,8-9,11H2,1-2H3,(H,17,20). The van der Waals surface area contributed by atoms with E-state index < -0.39 is 0 Å². The molecule has 2 heterocycles. The van der Waals surface area contributed by atoms with Crippen molar-refractivity contribution in [1.82, 2.24) is 10.2 Å². The summed E-state index contributed by atoms with van der Waals surface area (Å²) >= 11 is 1.39. The van der Waals surface area contributed by atoms with E-state index in [0.29, 0.717) is 17.5 Å². The first-order valence-corrected chi connectivity index (χ1v) is 8.19. The Kier molecular flexibility index (Phi) is 5.80. The lowest BCUT2D eigenvalue weighted by Gasteiger charge is -2.22. The lowest BCUT2D eigenvalue weighted by Crippen LogP contribution is -2.39. The molecule has 1 unspecified atom stereocenters. The molecule has 21 heavy (non-hydrogen) atoms. The van der Waals surface area contributed by atoms with Crippen molar-refractivity contribution in [3.8, 4) is 11.8 Å². The Morgan fingerprint density at radius 3 is 3.14 bits per heavy atom. The zero-order valence-electron chi connectivity index (χ0n) is 12.6. The van der Waals surface area contributed by atoms with Gasteiger partial charge in [0.15, 0.2) is 0 Å². The first-order valence-electron chi connectivity index (χ1n) is 7.38. The summed E-state index contributed by atoms with van der Waals surface area (Å²) in [5.74, 6) is 5.48. The molecule has 0 radical (unpaired) electrons. The number of hydrogen-bond donors (Lipinski definition) is 2. The quantitative estimate of drug-likeness (QED) is 0.831. The van der Waals surface area contributed by atoms with Gasteiger partial charge in [0.25, 0.3) is 5.91 Å². The third kappa shape index (κ3) is 4.07. The van der Waals surface area contributed by atoms with Crippen LogP contribution in [0.1, 0.15) is 39.9 Å². The average Bonchev–Trinajstić information content (AvgIpc) is 3.08. The van der Waals surface area contributed by atoms with Gasteiger partial charge in [-0.05, 0) is 44.5 Å². The summed E-state index contributed by atoms with van der Waals surface area (Å²) in [5, 5.41) is 11.8. The maximum atomic E-state index is 12.2. The fourth-order valence-corrected chi connectivity index (χ4v) is 3.64. The van der Waals surface area contributed by atoms with Crippen LogP contribution < -0.4 is 5.32 Å². The van der Waals surface area contributed by atoms with Crippen molar-refractivity contribution in [2.24, 2.45) is 0 Å². The first kappa shape index (κ1) is 16.0. The van der Waals surface area contributed by atoms with Gasteiger partial charge in [0, 0.05) is 12.6 Å². The number of aliphatic hydroxyl groups excluding tert-OH is 1. The molecule has 1 aliphatic rings. The second-order valence-corrected chi connectivity index (χ2v) is 6.27. The van der Waals surface area contributed by atoms with Crippen LogP contribution in [0, 0.1) is 18.8 Å². The van der Waals surface area contributed by atoms with Crippen LogP contribution in [0.15, 0.2) is 6.07 Å². The monoisotopic (exact) mass is 306 g/mol. The molecular weight excluding hydrogens is 284 g/mol. The molecule has 0 spiro atoms. The maximum Gasteiger partial charge on any atom is 0.261 e. The SMILES string of the molecule is CCN1CCCC1CNC(=O)c1cc(C)c(C#CCO)s1. The molecule has 0 aromatic carbocycles. The molecule has 1 atom stereocenters. The second kappa shape index (κ2) is 7.60. The van der Waals surface area contributed by atoms with Crippen LogP contribution >= 0.6 is 11.3 Å².